The molecule has 1 aliphatic heterocycles. The van der Waals surface area contributed by atoms with E-state index in [1.165, 1.54) is 29.6 Å². The second-order valence-electron chi connectivity index (χ2n) is 6.95. The SMILES string of the molecule is C=CC(=O)NCCCN(C)S(=O)(=O)c1ccc(N(C)C(=O)C2CCOCC2)cc1. The van der Waals surface area contributed by atoms with Crippen LogP contribution in [0, 0.1) is 5.92 Å². The van der Waals surface area contributed by atoms with Crippen LogP contribution in [-0.4, -0.2) is 64.9 Å². The number of carbonyl (C=O) groups is 2. The lowest BCUT2D eigenvalue weighted by atomic mass is 9.98. The first-order valence-corrected chi connectivity index (χ1v) is 11.0. The second-order valence-corrected chi connectivity index (χ2v) is 9.00. The Morgan fingerprint density at radius 2 is 1.83 bits per heavy atom. The number of nitrogens with zero attached hydrogens (tertiary/aromatic N) is 2. The number of sulfonamides is 1. The Labute approximate surface area is 172 Å². The van der Waals surface area contributed by atoms with E-state index in [0.29, 0.717) is 44.7 Å². The minimum absolute atomic E-state index is 0.0163. The van der Waals surface area contributed by atoms with Gasteiger partial charge < -0.3 is 15.0 Å². The van der Waals surface area contributed by atoms with Gasteiger partial charge in [-0.05, 0) is 49.6 Å². The standard InChI is InChI=1S/C20H29N3O5S/c1-4-19(24)21-12-5-13-22(2)29(26,27)18-8-6-17(7-9-18)23(3)20(25)16-10-14-28-15-11-16/h4,6-9,16H,1,5,10-15H2,2-3H3,(H,21,24). The van der Waals surface area contributed by atoms with Gasteiger partial charge in [-0.25, -0.2) is 12.7 Å². The van der Waals surface area contributed by atoms with E-state index in [0.717, 1.165) is 0 Å². The zero-order chi connectivity index (χ0) is 21.4. The molecule has 0 bridgehead atoms. The van der Waals surface area contributed by atoms with Crippen LogP contribution in [0.2, 0.25) is 0 Å². The third-order valence-electron chi connectivity index (χ3n) is 4.97. The molecule has 0 atom stereocenters. The van der Waals surface area contributed by atoms with Gasteiger partial charge in [0.05, 0.1) is 4.90 Å². The van der Waals surface area contributed by atoms with Crippen LogP contribution in [0.15, 0.2) is 41.8 Å². The number of nitrogens with one attached hydrogen (secondary N) is 1. The van der Waals surface area contributed by atoms with E-state index in [9.17, 15) is 18.0 Å². The second kappa shape index (κ2) is 10.5. The maximum absolute atomic E-state index is 12.7. The Bertz CT molecular complexity index is 817. The number of carbonyl (C=O) groups excluding carboxylic acids is 2. The average Bonchev–Trinajstić information content (AvgIpc) is 2.75. The lowest BCUT2D eigenvalue weighted by Gasteiger charge is -2.26. The Kier molecular flexibility index (Phi) is 8.36. The molecule has 1 heterocycles. The van der Waals surface area contributed by atoms with Crippen LogP contribution in [0.4, 0.5) is 5.69 Å². The number of hydrogen-bond acceptors (Lipinski definition) is 5. The molecule has 0 radical (unpaired) electrons. The van der Waals surface area contributed by atoms with Gasteiger partial charge in [0.1, 0.15) is 0 Å². The smallest absolute Gasteiger partial charge is 0.243 e. The number of rotatable bonds is 9. The van der Waals surface area contributed by atoms with Crippen LogP contribution in [0.25, 0.3) is 0 Å². The molecule has 0 aliphatic carbocycles. The van der Waals surface area contributed by atoms with E-state index in [-0.39, 0.29) is 29.2 Å². The summed E-state index contributed by atoms with van der Waals surface area (Å²) in [5, 5.41) is 2.61. The molecular formula is C20H29N3O5S. The molecule has 9 heteroatoms. The quantitative estimate of drug-likeness (QED) is 0.478. The van der Waals surface area contributed by atoms with Gasteiger partial charge in [0.15, 0.2) is 0 Å². The molecule has 1 aliphatic rings. The minimum atomic E-state index is -3.65. The Hall–Kier alpha value is -2.23. The van der Waals surface area contributed by atoms with Crippen molar-refractivity contribution in [1.82, 2.24) is 9.62 Å². The summed E-state index contributed by atoms with van der Waals surface area (Å²) in [4.78, 5) is 25.5. The van der Waals surface area contributed by atoms with Crippen molar-refractivity contribution in [2.24, 2.45) is 5.92 Å². The summed E-state index contributed by atoms with van der Waals surface area (Å²) in [5.41, 5.74) is 0.648. The number of ether oxygens (including phenoxy) is 1. The molecule has 2 rings (SSSR count). The first kappa shape index (κ1) is 23.1. The van der Waals surface area contributed by atoms with Crippen molar-refractivity contribution in [3.05, 3.63) is 36.9 Å². The fraction of sp³-hybridized carbons (Fsp3) is 0.500. The molecule has 1 aromatic rings. The zero-order valence-corrected chi connectivity index (χ0v) is 17.8. The van der Waals surface area contributed by atoms with Crippen molar-refractivity contribution in [3.63, 3.8) is 0 Å². The summed E-state index contributed by atoms with van der Waals surface area (Å²) in [6, 6.07) is 6.30. The average molecular weight is 424 g/mol. The molecule has 160 valence electrons. The van der Waals surface area contributed by atoms with Crippen LogP contribution in [0.5, 0.6) is 0 Å². The van der Waals surface area contributed by atoms with E-state index in [4.69, 9.17) is 4.74 Å². The van der Waals surface area contributed by atoms with Crippen LogP contribution in [0.3, 0.4) is 0 Å². The van der Waals surface area contributed by atoms with E-state index in [1.54, 1.807) is 24.1 Å². The topological polar surface area (TPSA) is 96.0 Å². The number of hydrogen-bond donors (Lipinski definition) is 1. The Morgan fingerprint density at radius 1 is 1.21 bits per heavy atom. The van der Waals surface area contributed by atoms with Crippen molar-refractivity contribution < 1.29 is 22.7 Å². The molecule has 29 heavy (non-hydrogen) atoms. The summed E-state index contributed by atoms with van der Waals surface area (Å²) in [5.74, 6) is -0.335. The van der Waals surface area contributed by atoms with Gasteiger partial charge >= 0.3 is 0 Å². The van der Waals surface area contributed by atoms with Gasteiger partial charge in [-0.15, -0.1) is 0 Å². The third-order valence-corrected chi connectivity index (χ3v) is 6.84. The summed E-state index contributed by atoms with van der Waals surface area (Å²) in [6.45, 7) is 5.17. The first-order valence-electron chi connectivity index (χ1n) is 9.59. The van der Waals surface area contributed by atoms with Crippen LogP contribution < -0.4 is 10.2 Å². The van der Waals surface area contributed by atoms with Crippen LogP contribution in [-0.2, 0) is 24.3 Å². The monoisotopic (exact) mass is 423 g/mol. The lowest BCUT2D eigenvalue weighted by molar-refractivity contribution is -0.124. The van der Waals surface area contributed by atoms with E-state index in [1.807, 2.05) is 0 Å². The molecule has 1 aromatic carbocycles. The summed E-state index contributed by atoms with van der Waals surface area (Å²) < 4.78 is 32.0. The third kappa shape index (κ3) is 6.12. The maximum Gasteiger partial charge on any atom is 0.243 e. The zero-order valence-electron chi connectivity index (χ0n) is 17.0. The highest BCUT2D eigenvalue weighted by Gasteiger charge is 2.26. The molecule has 0 unspecified atom stereocenters. The highest BCUT2D eigenvalue weighted by atomic mass is 32.2. The predicted molar refractivity (Wildman–Crippen MR) is 111 cm³/mol. The van der Waals surface area contributed by atoms with Gasteiger partial charge in [0.25, 0.3) is 0 Å². The highest BCUT2D eigenvalue weighted by molar-refractivity contribution is 7.89. The van der Waals surface area contributed by atoms with Gasteiger partial charge in [-0.1, -0.05) is 6.58 Å². The number of benzene rings is 1. The molecule has 8 nitrogen and oxygen atoms in total. The normalized spacial score (nSPS) is 15.1. The molecule has 0 saturated carbocycles. The molecule has 0 aromatic heterocycles. The fourth-order valence-corrected chi connectivity index (χ4v) is 4.28. The van der Waals surface area contributed by atoms with Gasteiger partial charge in [-0.2, -0.15) is 0 Å². The molecule has 2 amide bonds. The Morgan fingerprint density at radius 3 is 2.41 bits per heavy atom. The fourth-order valence-electron chi connectivity index (χ4n) is 3.07. The van der Waals surface area contributed by atoms with Crippen molar-refractivity contribution >= 4 is 27.5 Å². The van der Waals surface area contributed by atoms with Gasteiger partial charge in [0, 0.05) is 52.0 Å². The highest BCUT2D eigenvalue weighted by Crippen LogP contribution is 2.23. The number of amides is 2. The van der Waals surface area contributed by atoms with Crippen LogP contribution in [0.1, 0.15) is 19.3 Å². The van der Waals surface area contributed by atoms with E-state index < -0.39 is 10.0 Å². The van der Waals surface area contributed by atoms with Crippen molar-refractivity contribution in [1.29, 1.82) is 0 Å². The summed E-state index contributed by atoms with van der Waals surface area (Å²) in [7, 11) is -0.449. The lowest BCUT2D eigenvalue weighted by Crippen LogP contribution is -2.36. The van der Waals surface area contributed by atoms with E-state index >= 15 is 0 Å². The van der Waals surface area contributed by atoms with E-state index in [2.05, 4.69) is 11.9 Å². The van der Waals surface area contributed by atoms with Gasteiger partial charge in [0.2, 0.25) is 21.8 Å². The minimum Gasteiger partial charge on any atom is -0.381 e. The maximum atomic E-state index is 12.7. The van der Waals surface area contributed by atoms with Gasteiger partial charge in [-0.3, -0.25) is 9.59 Å². The largest absolute Gasteiger partial charge is 0.381 e. The molecule has 1 N–H and O–H groups in total. The van der Waals surface area contributed by atoms with Crippen LogP contribution >= 0.6 is 0 Å². The number of anilines is 1. The van der Waals surface area contributed by atoms with Crippen molar-refractivity contribution in [2.45, 2.75) is 24.2 Å². The summed E-state index contributed by atoms with van der Waals surface area (Å²) >= 11 is 0. The van der Waals surface area contributed by atoms with Crippen molar-refractivity contribution in [3.8, 4) is 0 Å². The summed E-state index contributed by atoms with van der Waals surface area (Å²) in [6.07, 6.45) is 3.06. The molecule has 1 saturated heterocycles. The molecule has 1 fully saturated rings. The predicted octanol–water partition coefficient (Wildman–Crippen LogP) is 1.39. The first-order chi connectivity index (χ1) is 13.8. The Balaban J connectivity index is 1.97. The molecule has 0 spiro atoms. The van der Waals surface area contributed by atoms with Crippen molar-refractivity contribution in [2.75, 3.05) is 45.3 Å². The molecular weight excluding hydrogens is 394 g/mol.